The number of primary amides is 1. The fraction of sp³-hybridized carbons (Fsp3) is 0.556. The van der Waals surface area contributed by atoms with Gasteiger partial charge < -0.3 is 5.73 Å². The molecule has 4 nitrogen and oxygen atoms in total. The molecule has 2 N–H and O–H groups in total. The summed E-state index contributed by atoms with van der Waals surface area (Å²) < 4.78 is 1.56. The van der Waals surface area contributed by atoms with Crippen LogP contribution < -0.4 is 5.73 Å². The minimum Gasteiger partial charge on any atom is -0.364 e. The van der Waals surface area contributed by atoms with Crippen LogP contribution in [0.2, 0.25) is 0 Å². The molecule has 1 heterocycles. The van der Waals surface area contributed by atoms with Crippen molar-refractivity contribution in [3.05, 3.63) is 18.0 Å². The van der Waals surface area contributed by atoms with E-state index in [1.165, 1.54) is 6.42 Å². The zero-order valence-electron chi connectivity index (χ0n) is 8.45. The van der Waals surface area contributed by atoms with E-state index in [1.54, 1.807) is 16.9 Å². The van der Waals surface area contributed by atoms with Crippen LogP contribution in [0.4, 0.5) is 0 Å². The van der Waals surface area contributed by atoms with E-state index < -0.39 is 5.91 Å². The van der Waals surface area contributed by atoms with Gasteiger partial charge in [-0.05, 0) is 13.0 Å². The number of aromatic nitrogens is 2. The average molecular weight is 183 g/mol. The average Bonchev–Trinajstić information content (AvgIpc) is 2.52. The molecule has 1 rings (SSSR count). The molecule has 0 spiro atoms. The molecule has 1 aromatic heterocycles. The van der Waals surface area contributed by atoms with Gasteiger partial charge in [-0.1, -0.05) is 20.3 Å². The first kappa shape index (κ1) is 11.7. The number of nitrogens with zero attached hydrogens (tertiary/aromatic N) is 2. The second kappa shape index (κ2) is 6.22. The van der Waals surface area contributed by atoms with Crippen LogP contribution in [-0.2, 0) is 6.54 Å². The summed E-state index contributed by atoms with van der Waals surface area (Å²) in [6.45, 7) is 6.82. The van der Waals surface area contributed by atoms with Gasteiger partial charge in [0.15, 0.2) is 0 Å². The molecule has 0 aliphatic heterocycles. The fourth-order valence-electron chi connectivity index (χ4n) is 0.794. The Morgan fingerprint density at radius 2 is 2.08 bits per heavy atom. The number of aryl methyl sites for hydroxylation is 1. The second-order valence-electron chi connectivity index (χ2n) is 2.60. The molecule has 0 aromatic carbocycles. The maximum Gasteiger partial charge on any atom is 0.266 e. The molecule has 0 fully saturated rings. The molecule has 74 valence electrons. The lowest BCUT2D eigenvalue weighted by molar-refractivity contribution is 0.0990. The van der Waals surface area contributed by atoms with E-state index in [-0.39, 0.29) is 0 Å². The van der Waals surface area contributed by atoms with E-state index in [1.807, 2.05) is 6.92 Å². The summed E-state index contributed by atoms with van der Waals surface area (Å²) in [5.74, 6) is -0.431. The number of carbonyl (C=O) groups is 1. The molecule has 4 heteroatoms. The van der Waals surface area contributed by atoms with Gasteiger partial charge in [0.05, 0.1) is 0 Å². The molecule has 0 unspecified atom stereocenters. The van der Waals surface area contributed by atoms with E-state index in [0.717, 1.165) is 0 Å². The highest BCUT2D eigenvalue weighted by molar-refractivity contribution is 5.90. The number of amides is 1. The highest BCUT2D eigenvalue weighted by Gasteiger charge is 2.04. The Hall–Kier alpha value is -1.32. The minimum atomic E-state index is -0.431. The van der Waals surface area contributed by atoms with Gasteiger partial charge in [-0.25, -0.2) is 0 Å². The lowest BCUT2D eigenvalue weighted by Crippen LogP contribution is -2.16. The van der Waals surface area contributed by atoms with Crippen molar-refractivity contribution in [3.63, 3.8) is 0 Å². The smallest absolute Gasteiger partial charge is 0.266 e. The summed E-state index contributed by atoms with van der Waals surface area (Å²) in [6.07, 6.45) is 2.81. The lowest BCUT2D eigenvalue weighted by atomic mass is 10.4. The van der Waals surface area contributed by atoms with Crippen LogP contribution in [0.3, 0.4) is 0 Å². The van der Waals surface area contributed by atoms with Crippen LogP contribution in [0.25, 0.3) is 0 Å². The maximum absolute atomic E-state index is 10.6. The van der Waals surface area contributed by atoms with Gasteiger partial charge in [-0.3, -0.25) is 9.48 Å². The first-order valence-electron chi connectivity index (χ1n) is 4.48. The lowest BCUT2D eigenvalue weighted by Gasteiger charge is -1.97. The third kappa shape index (κ3) is 3.73. The Labute approximate surface area is 78.7 Å². The van der Waals surface area contributed by atoms with Crippen molar-refractivity contribution in [2.45, 2.75) is 33.7 Å². The minimum absolute atomic E-state index is 0.431. The summed E-state index contributed by atoms with van der Waals surface area (Å²) in [5.41, 5.74) is 5.50. The topological polar surface area (TPSA) is 60.9 Å². The molecule has 13 heavy (non-hydrogen) atoms. The predicted molar refractivity (Wildman–Crippen MR) is 52.4 cm³/mol. The van der Waals surface area contributed by atoms with Crippen LogP contribution in [0, 0.1) is 0 Å². The Morgan fingerprint density at radius 3 is 2.38 bits per heavy atom. The summed E-state index contributed by atoms with van der Waals surface area (Å²) in [5, 5.41) is 3.87. The van der Waals surface area contributed by atoms with E-state index in [2.05, 4.69) is 18.9 Å². The van der Waals surface area contributed by atoms with Crippen molar-refractivity contribution in [2.24, 2.45) is 5.73 Å². The molecule has 0 radical (unpaired) electrons. The summed E-state index contributed by atoms with van der Waals surface area (Å²) in [7, 11) is 0. The zero-order chi connectivity index (χ0) is 10.3. The SMILES string of the molecule is CCC.CCn1nccc1C(N)=O. The Kier molecular flexibility index (Phi) is 5.59. The number of nitrogens with two attached hydrogens (primary N) is 1. The van der Waals surface area contributed by atoms with E-state index in [4.69, 9.17) is 5.73 Å². The van der Waals surface area contributed by atoms with Gasteiger partial charge >= 0.3 is 0 Å². The summed E-state index contributed by atoms with van der Waals surface area (Å²) >= 11 is 0. The molecule has 0 aliphatic carbocycles. The summed E-state index contributed by atoms with van der Waals surface area (Å²) in [6, 6.07) is 1.60. The molecule has 1 aromatic rings. The third-order valence-electron chi connectivity index (χ3n) is 1.27. The van der Waals surface area contributed by atoms with Crippen molar-refractivity contribution in [3.8, 4) is 0 Å². The molecular formula is C9H17N3O. The van der Waals surface area contributed by atoms with Crippen LogP contribution in [0.1, 0.15) is 37.7 Å². The van der Waals surface area contributed by atoms with Gasteiger partial charge in [0.1, 0.15) is 5.69 Å². The van der Waals surface area contributed by atoms with Crippen molar-refractivity contribution in [1.29, 1.82) is 0 Å². The first-order valence-corrected chi connectivity index (χ1v) is 4.48. The predicted octanol–water partition coefficient (Wildman–Crippen LogP) is 1.42. The standard InChI is InChI=1S/C6H9N3O.C3H8/c1-2-9-5(6(7)10)3-4-8-9;1-3-2/h3-4H,2H2,1H3,(H2,7,10);3H2,1-2H3. The quantitative estimate of drug-likeness (QED) is 0.753. The van der Waals surface area contributed by atoms with Crippen LogP contribution in [-0.4, -0.2) is 15.7 Å². The third-order valence-corrected chi connectivity index (χ3v) is 1.27. The Bertz CT molecular complexity index is 255. The van der Waals surface area contributed by atoms with Gasteiger partial charge in [0.25, 0.3) is 5.91 Å². The highest BCUT2D eigenvalue weighted by atomic mass is 16.1. The van der Waals surface area contributed by atoms with Crippen molar-refractivity contribution < 1.29 is 4.79 Å². The summed E-state index contributed by atoms with van der Waals surface area (Å²) in [4.78, 5) is 10.6. The first-order chi connectivity index (χ1) is 6.17. The van der Waals surface area contributed by atoms with Crippen LogP contribution in [0.15, 0.2) is 12.3 Å². The van der Waals surface area contributed by atoms with E-state index in [0.29, 0.717) is 12.2 Å². The van der Waals surface area contributed by atoms with Crippen LogP contribution >= 0.6 is 0 Å². The largest absolute Gasteiger partial charge is 0.364 e. The van der Waals surface area contributed by atoms with Crippen molar-refractivity contribution in [2.75, 3.05) is 0 Å². The highest BCUT2D eigenvalue weighted by Crippen LogP contribution is 1.95. The maximum atomic E-state index is 10.6. The molecule has 0 bridgehead atoms. The molecule has 0 aliphatic rings. The van der Waals surface area contributed by atoms with Gasteiger partial charge in [-0.15, -0.1) is 0 Å². The van der Waals surface area contributed by atoms with E-state index >= 15 is 0 Å². The monoisotopic (exact) mass is 183 g/mol. The molecule has 1 amide bonds. The Morgan fingerprint density at radius 1 is 1.54 bits per heavy atom. The van der Waals surface area contributed by atoms with Crippen LogP contribution in [0.5, 0.6) is 0 Å². The van der Waals surface area contributed by atoms with Gasteiger partial charge in [0, 0.05) is 12.7 Å². The molecule has 0 saturated heterocycles. The van der Waals surface area contributed by atoms with E-state index in [9.17, 15) is 4.79 Å². The number of rotatable bonds is 2. The Balaban J connectivity index is 0.000000424. The number of hydrogen-bond acceptors (Lipinski definition) is 2. The second-order valence-corrected chi connectivity index (χ2v) is 2.60. The molecule has 0 atom stereocenters. The molecular weight excluding hydrogens is 166 g/mol. The number of hydrogen-bond donors (Lipinski definition) is 1. The molecule has 0 saturated carbocycles. The zero-order valence-corrected chi connectivity index (χ0v) is 8.45. The normalized spacial score (nSPS) is 8.85. The van der Waals surface area contributed by atoms with Gasteiger partial charge in [-0.2, -0.15) is 5.10 Å². The fourth-order valence-corrected chi connectivity index (χ4v) is 0.794. The van der Waals surface area contributed by atoms with Gasteiger partial charge in [0.2, 0.25) is 0 Å². The van der Waals surface area contributed by atoms with Crippen molar-refractivity contribution >= 4 is 5.91 Å². The number of carbonyl (C=O) groups excluding carboxylic acids is 1. The van der Waals surface area contributed by atoms with Crippen molar-refractivity contribution in [1.82, 2.24) is 9.78 Å².